The Bertz CT molecular complexity index is 887. The molecule has 1 heterocycles. The van der Waals surface area contributed by atoms with Crippen LogP contribution in [0.1, 0.15) is 57.2 Å². The van der Waals surface area contributed by atoms with Crippen LogP contribution in [0.5, 0.6) is 0 Å². The number of amides is 1. The number of aryl methyl sites for hydroxylation is 1. The maximum absolute atomic E-state index is 12.3. The number of rotatable bonds is 7. The lowest BCUT2D eigenvalue weighted by molar-refractivity contribution is -0.119. The lowest BCUT2D eigenvalue weighted by Gasteiger charge is -2.16. The van der Waals surface area contributed by atoms with E-state index in [9.17, 15) is 14.4 Å². The number of benzene rings is 1. The molecule has 0 aliphatic heterocycles. The lowest BCUT2D eigenvalue weighted by Crippen LogP contribution is -2.20. The summed E-state index contributed by atoms with van der Waals surface area (Å²) in [5.41, 5.74) is 2.15. The monoisotopic (exact) mass is 415 g/mol. The summed E-state index contributed by atoms with van der Waals surface area (Å²) < 4.78 is 10.2. The molecular weight excluding hydrogens is 390 g/mol. The molecule has 1 amide bonds. The summed E-state index contributed by atoms with van der Waals surface area (Å²) in [6, 6.07) is 8.27. The van der Waals surface area contributed by atoms with E-state index in [-0.39, 0.29) is 6.61 Å². The van der Waals surface area contributed by atoms with Gasteiger partial charge in [0.1, 0.15) is 4.88 Å². The molecule has 1 atom stereocenters. The Morgan fingerprint density at radius 3 is 2.62 bits per heavy atom. The molecule has 1 aromatic heterocycles. The summed E-state index contributed by atoms with van der Waals surface area (Å²) in [5.74, 6) is -0.672. The van der Waals surface area contributed by atoms with Crippen molar-refractivity contribution in [3.05, 3.63) is 51.2 Å². The van der Waals surface area contributed by atoms with E-state index in [2.05, 4.69) is 12.2 Å². The van der Waals surface area contributed by atoms with E-state index in [1.165, 1.54) is 21.8 Å². The molecule has 0 bridgehead atoms. The number of carbonyl (C=O) groups excluding carboxylic acids is 3. The number of nitrogens with one attached hydrogen (secondary N) is 1. The number of fused-ring (bicyclic) bond motifs is 1. The fourth-order valence-corrected chi connectivity index (χ4v) is 4.28. The van der Waals surface area contributed by atoms with Gasteiger partial charge in [-0.05, 0) is 67.5 Å². The highest BCUT2D eigenvalue weighted by atomic mass is 32.1. The summed E-state index contributed by atoms with van der Waals surface area (Å²) >= 11 is 1.46. The third kappa shape index (κ3) is 5.67. The van der Waals surface area contributed by atoms with Gasteiger partial charge < -0.3 is 14.8 Å². The minimum atomic E-state index is -0.471. The quantitative estimate of drug-likeness (QED) is 0.684. The zero-order valence-electron chi connectivity index (χ0n) is 16.7. The van der Waals surface area contributed by atoms with Crippen molar-refractivity contribution in [2.75, 3.05) is 18.5 Å². The molecule has 154 valence electrons. The van der Waals surface area contributed by atoms with Crippen molar-refractivity contribution in [3.63, 3.8) is 0 Å². The van der Waals surface area contributed by atoms with E-state index in [1.807, 2.05) is 13.0 Å². The highest BCUT2D eigenvalue weighted by molar-refractivity contribution is 7.14. The van der Waals surface area contributed by atoms with Crippen molar-refractivity contribution >= 4 is 34.9 Å². The molecule has 6 nitrogen and oxygen atoms in total. The molecule has 1 N–H and O–H groups in total. The summed E-state index contributed by atoms with van der Waals surface area (Å²) in [6.07, 6.45) is 3.88. The van der Waals surface area contributed by atoms with E-state index in [0.29, 0.717) is 28.7 Å². The first kappa shape index (κ1) is 21.0. The first-order valence-electron chi connectivity index (χ1n) is 9.82. The minimum Gasteiger partial charge on any atom is -0.462 e. The molecule has 1 aliphatic rings. The lowest BCUT2D eigenvalue weighted by atomic mass is 9.90. The van der Waals surface area contributed by atoms with Crippen molar-refractivity contribution in [2.24, 2.45) is 5.92 Å². The minimum absolute atomic E-state index is 0.363. The Balaban J connectivity index is 1.48. The van der Waals surface area contributed by atoms with E-state index >= 15 is 0 Å². The molecule has 1 aliphatic carbocycles. The Labute approximate surface area is 174 Å². The first-order chi connectivity index (χ1) is 14.0. The van der Waals surface area contributed by atoms with Crippen molar-refractivity contribution in [1.29, 1.82) is 0 Å². The predicted molar refractivity (Wildman–Crippen MR) is 111 cm³/mol. The van der Waals surface area contributed by atoms with Crippen LogP contribution in [0.15, 0.2) is 30.3 Å². The Morgan fingerprint density at radius 1 is 1.14 bits per heavy atom. The number of thiophene rings is 1. The van der Waals surface area contributed by atoms with Crippen LogP contribution in [-0.4, -0.2) is 31.1 Å². The van der Waals surface area contributed by atoms with Crippen LogP contribution in [0, 0.1) is 5.92 Å². The highest BCUT2D eigenvalue weighted by Crippen LogP contribution is 2.32. The molecular formula is C22H25NO5S. The molecule has 2 aromatic rings. The first-order valence-corrected chi connectivity index (χ1v) is 10.6. The Morgan fingerprint density at radius 2 is 1.90 bits per heavy atom. The predicted octanol–water partition coefficient (Wildman–Crippen LogP) is 4.24. The number of anilines is 1. The van der Waals surface area contributed by atoms with Crippen LogP contribution in [0.25, 0.3) is 0 Å². The van der Waals surface area contributed by atoms with Gasteiger partial charge in [0.25, 0.3) is 5.91 Å². The highest BCUT2D eigenvalue weighted by Gasteiger charge is 2.21. The summed E-state index contributed by atoms with van der Waals surface area (Å²) in [5, 5.41) is 2.65. The van der Waals surface area contributed by atoms with Crippen LogP contribution in [0.3, 0.4) is 0 Å². The zero-order valence-corrected chi connectivity index (χ0v) is 17.5. The van der Waals surface area contributed by atoms with Gasteiger partial charge in [-0.15, -0.1) is 11.3 Å². The molecule has 0 saturated carbocycles. The summed E-state index contributed by atoms with van der Waals surface area (Å²) in [4.78, 5) is 37.9. The van der Waals surface area contributed by atoms with Gasteiger partial charge in [0.2, 0.25) is 0 Å². The SMILES string of the molecule is CCCOC(=O)c1ccc(NC(=O)COC(=O)c2cc3c(s2)CC[C@@H](C)C3)cc1. The molecule has 0 fully saturated rings. The second kappa shape index (κ2) is 9.69. The topological polar surface area (TPSA) is 81.7 Å². The van der Waals surface area contributed by atoms with Gasteiger partial charge in [0.05, 0.1) is 12.2 Å². The van der Waals surface area contributed by atoms with Gasteiger partial charge in [-0.1, -0.05) is 13.8 Å². The molecule has 0 spiro atoms. The standard InChI is InChI=1S/C22H25NO5S/c1-3-10-27-21(25)15-5-7-17(8-6-15)23-20(24)13-28-22(26)19-12-16-11-14(2)4-9-18(16)29-19/h5-8,12,14H,3-4,9-11,13H2,1-2H3,(H,23,24)/t14-/m1/s1. The molecule has 29 heavy (non-hydrogen) atoms. The van der Waals surface area contributed by atoms with Gasteiger partial charge in [0.15, 0.2) is 6.61 Å². The van der Waals surface area contributed by atoms with Crippen LogP contribution in [0.4, 0.5) is 5.69 Å². The van der Waals surface area contributed by atoms with E-state index in [4.69, 9.17) is 9.47 Å². The number of hydrogen-bond donors (Lipinski definition) is 1. The van der Waals surface area contributed by atoms with Gasteiger partial charge in [-0.25, -0.2) is 9.59 Å². The third-order valence-corrected chi connectivity index (χ3v) is 5.92. The Hall–Kier alpha value is -2.67. The van der Waals surface area contributed by atoms with Crippen molar-refractivity contribution in [2.45, 2.75) is 39.5 Å². The second-order valence-electron chi connectivity index (χ2n) is 7.24. The van der Waals surface area contributed by atoms with E-state index in [0.717, 1.165) is 25.7 Å². The summed E-state index contributed by atoms with van der Waals surface area (Å²) in [6.45, 7) is 4.14. The number of esters is 2. The summed E-state index contributed by atoms with van der Waals surface area (Å²) in [7, 11) is 0. The van der Waals surface area contributed by atoms with Crippen LogP contribution in [-0.2, 0) is 27.1 Å². The average Bonchev–Trinajstić information content (AvgIpc) is 3.14. The second-order valence-corrected chi connectivity index (χ2v) is 8.38. The van der Waals surface area contributed by atoms with Crippen LogP contribution >= 0.6 is 11.3 Å². The van der Waals surface area contributed by atoms with E-state index < -0.39 is 17.8 Å². The van der Waals surface area contributed by atoms with Gasteiger partial charge >= 0.3 is 11.9 Å². The third-order valence-electron chi connectivity index (χ3n) is 4.71. The fourth-order valence-electron chi connectivity index (χ4n) is 3.17. The number of hydrogen-bond acceptors (Lipinski definition) is 6. The maximum Gasteiger partial charge on any atom is 0.348 e. The van der Waals surface area contributed by atoms with Crippen LogP contribution in [0.2, 0.25) is 0 Å². The van der Waals surface area contributed by atoms with Gasteiger partial charge in [-0.2, -0.15) is 0 Å². The number of ether oxygens (including phenoxy) is 2. The zero-order chi connectivity index (χ0) is 20.8. The van der Waals surface area contributed by atoms with Crippen LogP contribution < -0.4 is 5.32 Å². The van der Waals surface area contributed by atoms with Gasteiger partial charge in [0, 0.05) is 10.6 Å². The van der Waals surface area contributed by atoms with Crippen molar-refractivity contribution in [3.8, 4) is 0 Å². The molecule has 3 rings (SSSR count). The largest absolute Gasteiger partial charge is 0.462 e. The van der Waals surface area contributed by atoms with E-state index in [1.54, 1.807) is 24.3 Å². The fraction of sp³-hybridized carbons (Fsp3) is 0.409. The number of carbonyl (C=O) groups is 3. The molecule has 1 aromatic carbocycles. The average molecular weight is 416 g/mol. The molecule has 7 heteroatoms. The molecule has 0 radical (unpaired) electrons. The van der Waals surface area contributed by atoms with Crippen molar-refractivity contribution < 1.29 is 23.9 Å². The molecule has 0 unspecified atom stereocenters. The normalized spacial score (nSPS) is 15.3. The Kier molecular flexibility index (Phi) is 7.04. The maximum atomic E-state index is 12.3. The van der Waals surface area contributed by atoms with Crippen molar-refractivity contribution in [1.82, 2.24) is 0 Å². The smallest absolute Gasteiger partial charge is 0.348 e. The molecule has 0 saturated heterocycles. The van der Waals surface area contributed by atoms with Gasteiger partial charge in [-0.3, -0.25) is 4.79 Å².